The van der Waals surface area contributed by atoms with Crippen LogP contribution in [0.25, 0.3) is 11.0 Å². The molecule has 0 fully saturated rings. The van der Waals surface area contributed by atoms with Gasteiger partial charge >= 0.3 is 5.97 Å². The van der Waals surface area contributed by atoms with E-state index in [0.29, 0.717) is 6.42 Å². The smallest absolute Gasteiger partial charge is 0.303 e. The van der Waals surface area contributed by atoms with Gasteiger partial charge in [-0.2, -0.15) is 0 Å². The van der Waals surface area contributed by atoms with Crippen LogP contribution in [0.4, 0.5) is 0 Å². The maximum absolute atomic E-state index is 10.7. The Morgan fingerprint density at radius 3 is 2.83 bits per heavy atom. The van der Waals surface area contributed by atoms with Crippen LogP contribution in [0, 0.1) is 5.92 Å². The van der Waals surface area contributed by atoms with Gasteiger partial charge in [0, 0.05) is 19.4 Å². The van der Waals surface area contributed by atoms with Crippen molar-refractivity contribution in [1.29, 1.82) is 0 Å². The number of carboxylic acids is 1. The van der Waals surface area contributed by atoms with Crippen LogP contribution in [0.15, 0.2) is 24.3 Å². The number of fused-ring (bicyclic) bond motifs is 1. The van der Waals surface area contributed by atoms with Crippen molar-refractivity contribution in [3.8, 4) is 0 Å². The lowest BCUT2D eigenvalue weighted by Gasteiger charge is -2.10. The van der Waals surface area contributed by atoms with Gasteiger partial charge in [0.05, 0.1) is 11.0 Å². The average Bonchev–Trinajstić information content (AvgIpc) is 2.64. The number of aromatic nitrogens is 2. The van der Waals surface area contributed by atoms with Crippen molar-refractivity contribution in [1.82, 2.24) is 9.55 Å². The number of carboxylic acid groups (broad SMARTS) is 1. The Hall–Kier alpha value is -1.84. The van der Waals surface area contributed by atoms with E-state index in [9.17, 15) is 4.79 Å². The number of hydrogen-bond acceptors (Lipinski definition) is 2. The van der Waals surface area contributed by atoms with Crippen molar-refractivity contribution in [2.75, 3.05) is 0 Å². The predicted octanol–water partition coefficient (Wildman–Crippen LogP) is 2.71. The summed E-state index contributed by atoms with van der Waals surface area (Å²) >= 11 is 0. The van der Waals surface area contributed by atoms with Gasteiger partial charge in [-0.1, -0.05) is 19.1 Å². The summed E-state index contributed by atoms with van der Waals surface area (Å²) in [5.41, 5.74) is 2.11. The topological polar surface area (TPSA) is 55.1 Å². The van der Waals surface area contributed by atoms with Crippen LogP contribution in [0.1, 0.15) is 26.1 Å². The minimum Gasteiger partial charge on any atom is -0.481 e. The number of aliphatic carboxylic acids is 1. The molecule has 0 radical (unpaired) electrons. The highest BCUT2D eigenvalue weighted by atomic mass is 16.4. The van der Waals surface area contributed by atoms with Gasteiger partial charge in [0.2, 0.25) is 0 Å². The quantitative estimate of drug-likeness (QED) is 0.882. The standard InChI is InChI=1S/C14H18N2O2/c1-3-16-12-7-5-4-6-11(12)15-13(16)8-10(2)9-14(17)18/h4-7,10H,3,8-9H2,1-2H3,(H,17,18). The molecule has 4 heteroatoms. The second-order valence-electron chi connectivity index (χ2n) is 4.67. The van der Waals surface area contributed by atoms with Crippen LogP contribution in [0.5, 0.6) is 0 Å². The molecule has 0 spiro atoms. The number of benzene rings is 1. The Balaban J connectivity index is 2.30. The van der Waals surface area contributed by atoms with Crippen molar-refractivity contribution in [3.63, 3.8) is 0 Å². The first-order valence-electron chi connectivity index (χ1n) is 6.27. The number of nitrogens with zero attached hydrogens (tertiary/aromatic N) is 2. The molecule has 0 aliphatic carbocycles. The Morgan fingerprint density at radius 2 is 2.17 bits per heavy atom. The fourth-order valence-electron chi connectivity index (χ4n) is 2.32. The first kappa shape index (κ1) is 12.6. The predicted molar refractivity (Wildman–Crippen MR) is 70.5 cm³/mol. The first-order chi connectivity index (χ1) is 8.61. The summed E-state index contributed by atoms with van der Waals surface area (Å²) in [4.78, 5) is 15.3. The third-order valence-corrected chi connectivity index (χ3v) is 3.10. The number of imidazole rings is 1. The van der Waals surface area contributed by atoms with Gasteiger partial charge in [-0.15, -0.1) is 0 Å². The second-order valence-corrected chi connectivity index (χ2v) is 4.67. The molecular formula is C14H18N2O2. The molecule has 2 rings (SSSR count). The van der Waals surface area contributed by atoms with Crippen molar-refractivity contribution in [2.45, 2.75) is 33.2 Å². The number of para-hydroxylation sites is 2. The molecule has 96 valence electrons. The van der Waals surface area contributed by atoms with E-state index in [0.717, 1.165) is 23.4 Å². The van der Waals surface area contributed by atoms with E-state index in [1.54, 1.807) is 0 Å². The van der Waals surface area contributed by atoms with Gasteiger partial charge in [0.25, 0.3) is 0 Å². The summed E-state index contributed by atoms with van der Waals surface area (Å²) < 4.78 is 2.16. The van der Waals surface area contributed by atoms with Crippen molar-refractivity contribution >= 4 is 17.0 Å². The maximum atomic E-state index is 10.7. The average molecular weight is 246 g/mol. The van der Waals surface area contributed by atoms with Gasteiger partial charge in [0.15, 0.2) is 0 Å². The van der Waals surface area contributed by atoms with Gasteiger partial charge < -0.3 is 9.67 Å². The fourth-order valence-corrected chi connectivity index (χ4v) is 2.32. The van der Waals surface area contributed by atoms with Crippen LogP contribution in [0.3, 0.4) is 0 Å². The van der Waals surface area contributed by atoms with E-state index >= 15 is 0 Å². The molecular weight excluding hydrogens is 228 g/mol. The molecule has 1 atom stereocenters. The van der Waals surface area contributed by atoms with E-state index in [4.69, 9.17) is 5.11 Å². The molecule has 1 unspecified atom stereocenters. The van der Waals surface area contributed by atoms with E-state index in [1.165, 1.54) is 0 Å². The van der Waals surface area contributed by atoms with Crippen molar-refractivity contribution < 1.29 is 9.90 Å². The van der Waals surface area contributed by atoms with Crippen molar-refractivity contribution in [3.05, 3.63) is 30.1 Å². The van der Waals surface area contributed by atoms with Crippen LogP contribution in [-0.2, 0) is 17.8 Å². The lowest BCUT2D eigenvalue weighted by molar-refractivity contribution is -0.137. The van der Waals surface area contributed by atoms with Gasteiger partial charge in [-0.3, -0.25) is 4.79 Å². The third kappa shape index (κ3) is 2.53. The third-order valence-electron chi connectivity index (χ3n) is 3.10. The van der Waals surface area contributed by atoms with Crippen LogP contribution < -0.4 is 0 Å². The Labute approximate surface area is 106 Å². The molecule has 1 aromatic heterocycles. The molecule has 1 aromatic carbocycles. The SMILES string of the molecule is CCn1c(CC(C)CC(=O)O)nc2ccccc21. The molecule has 0 bridgehead atoms. The van der Waals surface area contributed by atoms with Crippen LogP contribution in [0.2, 0.25) is 0 Å². The van der Waals surface area contributed by atoms with E-state index in [2.05, 4.69) is 22.5 Å². The first-order valence-corrected chi connectivity index (χ1v) is 6.27. The summed E-state index contributed by atoms with van der Waals surface area (Å²) in [6, 6.07) is 8.02. The monoisotopic (exact) mass is 246 g/mol. The molecule has 0 aliphatic rings. The largest absolute Gasteiger partial charge is 0.481 e. The Bertz CT molecular complexity index is 560. The Kier molecular flexibility index (Phi) is 3.65. The highest BCUT2D eigenvalue weighted by molar-refractivity contribution is 5.75. The zero-order valence-electron chi connectivity index (χ0n) is 10.8. The van der Waals surface area contributed by atoms with Gasteiger partial charge in [-0.05, 0) is 25.0 Å². The maximum Gasteiger partial charge on any atom is 0.303 e. The molecule has 0 saturated carbocycles. The van der Waals surface area contributed by atoms with E-state index in [-0.39, 0.29) is 12.3 Å². The number of rotatable bonds is 5. The van der Waals surface area contributed by atoms with E-state index < -0.39 is 5.97 Å². The zero-order valence-corrected chi connectivity index (χ0v) is 10.8. The summed E-state index contributed by atoms with van der Waals surface area (Å²) in [6.07, 6.45) is 0.891. The summed E-state index contributed by atoms with van der Waals surface area (Å²) in [7, 11) is 0. The normalized spacial score (nSPS) is 12.8. The summed E-state index contributed by atoms with van der Waals surface area (Å²) in [5, 5.41) is 8.80. The number of hydrogen-bond donors (Lipinski definition) is 1. The zero-order chi connectivity index (χ0) is 13.1. The minimum atomic E-state index is -0.748. The van der Waals surface area contributed by atoms with Gasteiger partial charge in [-0.25, -0.2) is 4.98 Å². The van der Waals surface area contributed by atoms with Crippen molar-refractivity contribution in [2.24, 2.45) is 5.92 Å². The van der Waals surface area contributed by atoms with E-state index in [1.807, 2.05) is 25.1 Å². The highest BCUT2D eigenvalue weighted by Gasteiger charge is 2.14. The molecule has 0 aliphatic heterocycles. The lowest BCUT2D eigenvalue weighted by atomic mass is 10.0. The molecule has 0 amide bonds. The summed E-state index contributed by atoms with van der Waals surface area (Å²) in [6.45, 7) is 4.89. The lowest BCUT2D eigenvalue weighted by Crippen LogP contribution is -2.11. The van der Waals surface area contributed by atoms with Crippen LogP contribution >= 0.6 is 0 Å². The molecule has 1 N–H and O–H groups in total. The minimum absolute atomic E-state index is 0.101. The molecule has 0 saturated heterocycles. The second kappa shape index (κ2) is 5.21. The van der Waals surface area contributed by atoms with Crippen LogP contribution in [-0.4, -0.2) is 20.6 Å². The van der Waals surface area contributed by atoms with Gasteiger partial charge in [0.1, 0.15) is 5.82 Å². The molecule has 4 nitrogen and oxygen atoms in total. The molecule has 1 heterocycles. The Morgan fingerprint density at radius 1 is 1.44 bits per heavy atom. The molecule has 18 heavy (non-hydrogen) atoms. The number of aryl methyl sites for hydroxylation is 1. The number of carbonyl (C=O) groups is 1. The fraction of sp³-hybridized carbons (Fsp3) is 0.429. The summed E-state index contributed by atoms with van der Waals surface area (Å²) in [5.74, 6) is 0.332. The highest BCUT2D eigenvalue weighted by Crippen LogP contribution is 2.19. The molecule has 2 aromatic rings.